The fourth-order valence-electron chi connectivity index (χ4n) is 7.79. The number of benzene rings is 2. The van der Waals surface area contributed by atoms with Crippen LogP contribution in [0.2, 0.25) is 0 Å². The largest absolute Gasteiger partial charge is 0.490 e. The van der Waals surface area contributed by atoms with Gasteiger partial charge >= 0.3 is 30.6 Å². The standard InChI is InChI=1S/C24H27F3N4O3.C19H19F3N4O.C2HF3O2/c1-16-9-17(11-18(10-16)24(25,26)27)19-5-7-31(28-19)8-6-20(32)29-12-23(13-29)14-30(15-23)21(33)34-22(2,3)4;1-13-6-14(8-15(7-13)19(20,21)22)16-2-4-26(24-16)5-3-17(27)25-11-18(12-25)9-23-10-18;3-2(4,5)1(6)7/h5-11H,12-15H2,1-4H3;2-8,23H,9-12H2,1H3;(H,6,7)/b8-6-;5-3-;. The molecule has 0 aliphatic carbocycles. The number of ether oxygens (including phenoxy) is 1. The first-order chi connectivity index (χ1) is 31.4. The van der Waals surface area contributed by atoms with E-state index in [1.54, 1.807) is 65.2 Å². The molecule has 366 valence electrons. The van der Waals surface area contributed by atoms with Gasteiger partial charge in [0.25, 0.3) is 0 Å². The summed E-state index contributed by atoms with van der Waals surface area (Å²) in [5, 5.41) is 18.9. The molecule has 0 atom stereocenters. The molecule has 2 aromatic heterocycles. The van der Waals surface area contributed by atoms with Gasteiger partial charge in [0.05, 0.1) is 22.5 Å². The lowest BCUT2D eigenvalue weighted by Gasteiger charge is -2.59. The summed E-state index contributed by atoms with van der Waals surface area (Å²) in [4.78, 5) is 50.7. The third-order valence-corrected chi connectivity index (χ3v) is 11.0. The highest BCUT2D eigenvalue weighted by atomic mass is 19.4. The lowest BCUT2D eigenvalue weighted by Crippen LogP contribution is -2.73. The highest BCUT2D eigenvalue weighted by Crippen LogP contribution is 2.41. The summed E-state index contributed by atoms with van der Waals surface area (Å²) in [5.41, 5.74) is 0.776. The SMILES string of the molecule is Cc1cc(-c2ccn(/C=C\C(=O)N3CC4(C3)CN(C(=O)OC(C)(C)C)C4)n2)cc(C(F)(F)F)c1.Cc1cc(-c2ccn(/C=C\C(=O)N3CC4(CNC4)C3)n2)cc(C(F)(F)F)c1.O=C(O)C(F)(F)F. The minimum Gasteiger partial charge on any atom is -0.475 e. The zero-order valence-corrected chi connectivity index (χ0v) is 37.3. The van der Waals surface area contributed by atoms with Crippen LogP contribution in [-0.4, -0.2) is 127 Å². The summed E-state index contributed by atoms with van der Waals surface area (Å²) < 4.78 is 118. The van der Waals surface area contributed by atoms with E-state index >= 15 is 0 Å². The number of likely N-dealkylation sites (tertiary alicyclic amines) is 3. The average molecular weight is 967 g/mol. The van der Waals surface area contributed by atoms with Crippen molar-refractivity contribution in [3.8, 4) is 22.5 Å². The molecule has 4 aromatic rings. The molecule has 0 saturated carbocycles. The first-order valence-corrected chi connectivity index (χ1v) is 20.8. The van der Waals surface area contributed by atoms with Gasteiger partial charge in [-0.2, -0.15) is 49.7 Å². The molecule has 8 rings (SSSR count). The lowest BCUT2D eigenvalue weighted by molar-refractivity contribution is -0.192. The first kappa shape index (κ1) is 50.8. The number of rotatable bonds is 6. The molecule has 6 heterocycles. The molecule has 68 heavy (non-hydrogen) atoms. The number of alkyl halides is 9. The summed E-state index contributed by atoms with van der Waals surface area (Å²) in [6, 6.07) is 10.9. The van der Waals surface area contributed by atoms with Crippen molar-refractivity contribution in [3.05, 3.63) is 95.3 Å². The van der Waals surface area contributed by atoms with Gasteiger partial charge in [0.2, 0.25) is 11.8 Å². The summed E-state index contributed by atoms with van der Waals surface area (Å²) in [5.74, 6) is -3.03. The van der Waals surface area contributed by atoms with Crippen molar-refractivity contribution in [1.82, 2.24) is 39.6 Å². The number of halogens is 9. The van der Waals surface area contributed by atoms with Gasteiger partial charge in [-0.3, -0.25) is 9.59 Å². The summed E-state index contributed by atoms with van der Waals surface area (Å²) >= 11 is 0. The van der Waals surface area contributed by atoms with Crippen LogP contribution in [-0.2, 0) is 31.5 Å². The molecule has 4 saturated heterocycles. The Morgan fingerprint density at radius 3 is 1.35 bits per heavy atom. The predicted molar refractivity (Wildman–Crippen MR) is 228 cm³/mol. The van der Waals surface area contributed by atoms with Gasteiger partial charge in [-0.25, -0.2) is 19.0 Å². The number of nitrogens with one attached hydrogen (secondary N) is 1. The summed E-state index contributed by atoms with van der Waals surface area (Å²) in [6.45, 7) is 14.4. The van der Waals surface area contributed by atoms with Crippen molar-refractivity contribution in [2.24, 2.45) is 10.8 Å². The second-order valence-corrected chi connectivity index (χ2v) is 18.3. The van der Waals surface area contributed by atoms with Gasteiger partial charge in [0, 0.05) is 111 Å². The van der Waals surface area contributed by atoms with Gasteiger partial charge in [-0.05, 0) is 94.3 Å². The molecule has 23 heteroatoms. The average Bonchev–Trinajstić information content (AvgIpc) is 3.83. The molecule has 4 aliphatic rings. The molecule has 2 aromatic carbocycles. The molecular formula is C45H47F9N8O6. The zero-order valence-electron chi connectivity index (χ0n) is 37.3. The second-order valence-electron chi connectivity index (χ2n) is 18.3. The molecule has 3 amide bonds. The van der Waals surface area contributed by atoms with Gasteiger partial charge in [0.15, 0.2) is 0 Å². The van der Waals surface area contributed by atoms with Crippen LogP contribution in [0, 0.1) is 24.7 Å². The predicted octanol–water partition coefficient (Wildman–Crippen LogP) is 7.84. The molecule has 0 radical (unpaired) electrons. The van der Waals surface area contributed by atoms with Crippen molar-refractivity contribution in [2.45, 2.75) is 58.7 Å². The monoisotopic (exact) mass is 966 g/mol. The summed E-state index contributed by atoms with van der Waals surface area (Å²) in [6.07, 6.45) is -5.25. The zero-order chi connectivity index (χ0) is 50.2. The Hall–Kier alpha value is -6.65. The van der Waals surface area contributed by atoms with Crippen LogP contribution in [0.4, 0.5) is 44.3 Å². The van der Waals surface area contributed by atoms with Crippen LogP contribution in [0.1, 0.15) is 43.0 Å². The molecule has 0 unspecified atom stereocenters. The van der Waals surface area contributed by atoms with Crippen LogP contribution in [0.5, 0.6) is 0 Å². The highest BCUT2D eigenvalue weighted by molar-refractivity contribution is 5.91. The Balaban J connectivity index is 0.000000200. The Morgan fingerprint density at radius 1 is 0.632 bits per heavy atom. The number of carbonyl (C=O) groups excluding carboxylic acids is 3. The lowest BCUT2D eigenvalue weighted by atomic mass is 9.73. The first-order valence-electron chi connectivity index (χ1n) is 20.8. The van der Waals surface area contributed by atoms with E-state index in [-0.39, 0.29) is 28.7 Å². The fraction of sp³-hybridized carbons (Fsp3) is 0.422. The van der Waals surface area contributed by atoms with Crippen molar-refractivity contribution in [2.75, 3.05) is 52.4 Å². The van der Waals surface area contributed by atoms with Gasteiger partial charge in [-0.1, -0.05) is 0 Å². The molecule has 4 fully saturated rings. The molecule has 2 N–H and O–H groups in total. The minimum absolute atomic E-state index is 0.0688. The minimum atomic E-state index is -5.08. The molecule has 4 aliphatic heterocycles. The van der Waals surface area contributed by atoms with Crippen LogP contribution in [0.25, 0.3) is 34.9 Å². The quantitative estimate of drug-likeness (QED) is 0.145. The van der Waals surface area contributed by atoms with Gasteiger partial charge in [0.1, 0.15) is 5.60 Å². The number of carboxylic acids is 1. The fourth-order valence-corrected chi connectivity index (χ4v) is 7.79. The number of aryl methyl sites for hydroxylation is 2. The number of carbonyl (C=O) groups is 4. The van der Waals surface area contributed by atoms with E-state index in [1.807, 2.05) is 20.8 Å². The van der Waals surface area contributed by atoms with Crippen LogP contribution in [0.3, 0.4) is 0 Å². The molecular weight excluding hydrogens is 920 g/mol. The van der Waals surface area contributed by atoms with Crippen LogP contribution < -0.4 is 5.32 Å². The smallest absolute Gasteiger partial charge is 0.475 e. The Morgan fingerprint density at radius 2 is 1.01 bits per heavy atom. The number of hydrogen-bond donors (Lipinski definition) is 2. The van der Waals surface area contributed by atoms with Crippen LogP contribution >= 0.6 is 0 Å². The molecule has 2 spiro atoms. The Bertz CT molecular complexity index is 2580. The highest BCUT2D eigenvalue weighted by Gasteiger charge is 2.55. The van der Waals surface area contributed by atoms with Crippen molar-refractivity contribution in [1.29, 1.82) is 0 Å². The van der Waals surface area contributed by atoms with Crippen molar-refractivity contribution in [3.63, 3.8) is 0 Å². The van der Waals surface area contributed by atoms with E-state index in [2.05, 4.69) is 15.5 Å². The Kier molecular flexibility index (Phi) is 14.0. The number of carboxylic acid groups (broad SMARTS) is 1. The maximum absolute atomic E-state index is 13.1. The van der Waals surface area contributed by atoms with E-state index in [4.69, 9.17) is 14.6 Å². The maximum Gasteiger partial charge on any atom is 0.490 e. The molecule has 14 nitrogen and oxygen atoms in total. The van der Waals surface area contributed by atoms with E-state index in [0.717, 1.165) is 50.4 Å². The van der Waals surface area contributed by atoms with Crippen LogP contribution in [0.15, 0.2) is 73.1 Å². The number of nitrogens with zero attached hydrogens (tertiary/aromatic N) is 7. The number of hydrogen-bond acceptors (Lipinski definition) is 8. The number of aliphatic carboxylic acids is 1. The maximum atomic E-state index is 13.1. The summed E-state index contributed by atoms with van der Waals surface area (Å²) in [7, 11) is 0. The van der Waals surface area contributed by atoms with Crippen molar-refractivity contribution >= 4 is 36.3 Å². The van der Waals surface area contributed by atoms with Gasteiger partial charge < -0.3 is 29.9 Å². The number of aromatic nitrogens is 4. The van der Waals surface area contributed by atoms with Crippen molar-refractivity contribution < 1.29 is 68.5 Å². The van der Waals surface area contributed by atoms with E-state index in [0.29, 0.717) is 59.8 Å². The Labute approximate surface area is 383 Å². The topological polar surface area (TPSA) is 155 Å². The molecule has 0 bridgehead atoms. The van der Waals surface area contributed by atoms with E-state index < -0.39 is 41.2 Å². The van der Waals surface area contributed by atoms with E-state index in [9.17, 15) is 53.9 Å². The second kappa shape index (κ2) is 18.8. The third-order valence-electron chi connectivity index (χ3n) is 11.0. The van der Waals surface area contributed by atoms with E-state index in [1.165, 1.54) is 33.9 Å². The third kappa shape index (κ3) is 12.7. The van der Waals surface area contributed by atoms with Gasteiger partial charge in [-0.15, -0.1) is 0 Å². The normalized spacial score (nSPS) is 17.4. The number of amides is 3.